The summed E-state index contributed by atoms with van der Waals surface area (Å²) in [5, 5.41) is 16.9. The molecule has 1 amide bonds. The van der Waals surface area contributed by atoms with Gasteiger partial charge in [-0.3, -0.25) is 4.79 Å². The molecule has 2 heterocycles. The van der Waals surface area contributed by atoms with Crippen LogP contribution in [0, 0.1) is 0 Å². The Morgan fingerprint density at radius 3 is 2.35 bits per heavy atom. The van der Waals surface area contributed by atoms with Crippen molar-refractivity contribution in [2.45, 2.75) is 12.5 Å². The first-order valence-corrected chi connectivity index (χ1v) is 10.8. The number of para-hydroxylation sites is 1. The van der Waals surface area contributed by atoms with Gasteiger partial charge in [0.1, 0.15) is 5.75 Å². The van der Waals surface area contributed by atoms with Gasteiger partial charge in [0.25, 0.3) is 0 Å². The minimum absolute atomic E-state index is 0.202. The average Bonchev–Trinajstić information content (AvgIpc) is 3.39. The maximum atomic E-state index is 12.3. The molecule has 1 N–H and O–H groups in total. The lowest BCUT2D eigenvalue weighted by atomic mass is 9.97. The Bertz CT molecular complexity index is 1220. The molecular weight excluding hydrogens is 406 g/mol. The van der Waals surface area contributed by atoms with Crippen LogP contribution in [0.1, 0.15) is 29.2 Å². The Morgan fingerprint density at radius 2 is 1.61 bits per heavy atom. The number of phenolic OH excluding ortho intramolecular Hbond substituents is 1. The van der Waals surface area contributed by atoms with Crippen molar-refractivity contribution in [3.8, 4) is 5.75 Å². The zero-order valence-electron chi connectivity index (χ0n) is 16.6. The maximum absolute atomic E-state index is 12.3. The zero-order valence-corrected chi connectivity index (χ0v) is 17.4. The number of carbonyl (C=O) groups excluding carboxylic acids is 1. The van der Waals surface area contributed by atoms with Gasteiger partial charge in [0, 0.05) is 12.0 Å². The molecule has 31 heavy (non-hydrogen) atoms. The topological polar surface area (TPSA) is 65.3 Å². The van der Waals surface area contributed by atoms with Crippen LogP contribution in [0.4, 0.5) is 4.79 Å². The molecule has 5 nitrogen and oxygen atoms in total. The van der Waals surface area contributed by atoms with Crippen molar-refractivity contribution in [1.82, 2.24) is 5.01 Å². The van der Waals surface area contributed by atoms with E-state index in [-0.39, 0.29) is 17.0 Å². The number of hydrogen-bond acceptors (Lipinski definition) is 5. The summed E-state index contributed by atoms with van der Waals surface area (Å²) in [5.74, 6) is 0.714. The standard InChI is InChI=1S/C25H19N3O2S/c29-22-14-8-7-13-19(22)21-16-20(18-11-5-2-6-12-18)27-28(21)24-23(31-25(30)26-24)15-17-9-3-1-4-10-17/h1-15,21,29H,16H2/b23-15-. The van der Waals surface area contributed by atoms with Gasteiger partial charge in [0.2, 0.25) is 0 Å². The molecule has 0 spiro atoms. The number of hydrogen-bond donors (Lipinski definition) is 1. The molecule has 5 rings (SSSR count). The van der Waals surface area contributed by atoms with E-state index in [4.69, 9.17) is 5.10 Å². The molecule has 0 aromatic heterocycles. The molecule has 152 valence electrons. The minimum atomic E-state index is -0.267. The number of benzene rings is 3. The van der Waals surface area contributed by atoms with Crippen molar-refractivity contribution in [3.63, 3.8) is 0 Å². The summed E-state index contributed by atoms with van der Waals surface area (Å²) in [6.07, 6.45) is 2.55. The van der Waals surface area contributed by atoms with Gasteiger partial charge in [0.05, 0.1) is 16.7 Å². The van der Waals surface area contributed by atoms with Crippen LogP contribution in [0.3, 0.4) is 0 Å². The number of thioether (sulfide) groups is 1. The maximum Gasteiger partial charge on any atom is 0.311 e. The molecule has 0 saturated carbocycles. The highest BCUT2D eigenvalue weighted by atomic mass is 32.2. The summed E-state index contributed by atoms with van der Waals surface area (Å²) >= 11 is 1.10. The number of aliphatic imine (C=N–C) groups is 1. The van der Waals surface area contributed by atoms with E-state index in [1.54, 1.807) is 17.1 Å². The summed E-state index contributed by atoms with van der Waals surface area (Å²) in [6, 6.07) is 26.8. The fraction of sp³-hybridized carbons (Fsp3) is 0.0800. The summed E-state index contributed by atoms with van der Waals surface area (Å²) in [7, 11) is 0. The van der Waals surface area contributed by atoms with Gasteiger partial charge in [0.15, 0.2) is 5.84 Å². The molecule has 0 radical (unpaired) electrons. The first-order chi connectivity index (χ1) is 15.2. The van der Waals surface area contributed by atoms with Crippen molar-refractivity contribution in [3.05, 3.63) is 107 Å². The lowest BCUT2D eigenvalue weighted by Gasteiger charge is -2.24. The van der Waals surface area contributed by atoms with E-state index in [0.717, 1.165) is 39.1 Å². The average molecular weight is 426 g/mol. The van der Waals surface area contributed by atoms with Crippen LogP contribution >= 0.6 is 11.8 Å². The third-order valence-electron chi connectivity index (χ3n) is 5.24. The number of nitrogens with zero attached hydrogens (tertiary/aromatic N) is 3. The van der Waals surface area contributed by atoms with Gasteiger partial charge >= 0.3 is 5.24 Å². The van der Waals surface area contributed by atoms with E-state index in [9.17, 15) is 9.90 Å². The largest absolute Gasteiger partial charge is 0.508 e. The highest BCUT2D eigenvalue weighted by molar-refractivity contribution is 8.18. The van der Waals surface area contributed by atoms with Gasteiger partial charge in [-0.1, -0.05) is 78.9 Å². The second-order valence-electron chi connectivity index (χ2n) is 7.26. The molecule has 2 aliphatic rings. The third-order valence-corrected chi connectivity index (χ3v) is 6.03. The Kier molecular flexibility index (Phi) is 5.14. The highest BCUT2D eigenvalue weighted by Crippen LogP contribution is 2.41. The number of phenols is 1. The van der Waals surface area contributed by atoms with Gasteiger partial charge in [-0.15, -0.1) is 0 Å². The van der Waals surface area contributed by atoms with E-state index >= 15 is 0 Å². The van der Waals surface area contributed by atoms with E-state index in [2.05, 4.69) is 4.99 Å². The number of amides is 1. The SMILES string of the molecule is O=C1N=C(N2N=C(c3ccccc3)CC2c2ccccc2O)/C(=C/c2ccccc2)S1. The van der Waals surface area contributed by atoms with Crippen LogP contribution < -0.4 is 0 Å². The van der Waals surface area contributed by atoms with Crippen LogP contribution in [0.5, 0.6) is 5.75 Å². The summed E-state index contributed by atoms with van der Waals surface area (Å²) in [4.78, 5) is 17.3. The Morgan fingerprint density at radius 1 is 0.935 bits per heavy atom. The number of aromatic hydroxyl groups is 1. The second kappa shape index (κ2) is 8.24. The normalized spacial score (nSPS) is 19.6. The second-order valence-corrected chi connectivity index (χ2v) is 8.25. The van der Waals surface area contributed by atoms with Gasteiger partial charge < -0.3 is 5.11 Å². The quantitative estimate of drug-likeness (QED) is 0.572. The van der Waals surface area contributed by atoms with Crippen LogP contribution in [0.15, 0.2) is 99.9 Å². The molecule has 1 unspecified atom stereocenters. The predicted octanol–water partition coefficient (Wildman–Crippen LogP) is 5.85. The molecule has 1 atom stereocenters. The van der Waals surface area contributed by atoms with Crippen LogP contribution in [0.25, 0.3) is 6.08 Å². The first kappa shape index (κ1) is 19.3. The molecular formula is C25H19N3O2S. The molecule has 2 aliphatic heterocycles. The zero-order chi connectivity index (χ0) is 21.2. The predicted molar refractivity (Wildman–Crippen MR) is 125 cm³/mol. The minimum Gasteiger partial charge on any atom is -0.508 e. The van der Waals surface area contributed by atoms with Gasteiger partial charge in [-0.05, 0) is 35.0 Å². The third kappa shape index (κ3) is 3.90. The molecule has 0 aliphatic carbocycles. The monoisotopic (exact) mass is 425 g/mol. The molecule has 0 saturated heterocycles. The highest BCUT2D eigenvalue weighted by Gasteiger charge is 2.37. The molecule has 6 heteroatoms. The van der Waals surface area contributed by atoms with E-state index in [0.29, 0.717) is 12.3 Å². The van der Waals surface area contributed by atoms with E-state index in [1.807, 2.05) is 78.9 Å². The van der Waals surface area contributed by atoms with Crippen molar-refractivity contribution in [1.29, 1.82) is 0 Å². The molecule has 3 aromatic carbocycles. The van der Waals surface area contributed by atoms with E-state index < -0.39 is 0 Å². The van der Waals surface area contributed by atoms with Crippen molar-refractivity contribution in [2.75, 3.05) is 0 Å². The molecule has 0 fully saturated rings. The first-order valence-electron chi connectivity index (χ1n) is 9.97. The van der Waals surface area contributed by atoms with E-state index in [1.165, 1.54) is 0 Å². The number of rotatable bonds is 3. The summed E-state index contributed by atoms with van der Waals surface area (Å²) < 4.78 is 0. The Balaban J connectivity index is 1.59. The smallest absolute Gasteiger partial charge is 0.311 e. The van der Waals surface area contributed by atoms with Crippen molar-refractivity contribution >= 4 is 34.6 Å². The van der Waals surface area contributed by atoms with Crippen LogP contribution in [-0.2, 0) is 0 Å². The van der Waals surface area contributed by atoms with Crippen LogP contribution in [0.2, 0.25) is 0 Å². The summed E-state index contributed by atoms with van der Waals surface area (Å²) in [5.41, 5.74) is 3.64. The molecule has 0 bridgehead atoms. The van der Waals surface area contributed by atoms with Crippen LogP contribution in [-0.4, -0.2) is 26.9 Å². The van der Waals surface area contributed by atoms with Crippen molar-refractivity contribution in [2.24, 2.45) is 10.1 Å². The van der Waals surface area contributed by atoms with Gasteiger partial charge in [-0.25, -0.2) is 5.01 Å². The Hall–Kier alpha value is -3.64. The van der Waals surface area contributed by atoms with Gasteiger partial charge in [-0.2, -0.15) is 10.1 Å². The molecule has 3 aromatic rings. The number of carbonyl (C=O) groups is 1. The fourth-order valence-electron chi connectivity index (χ4n) is 3.79. The van der Waals surface area contributed by atoms with Crippen molar-refractivity contribution < 1.29 is 9.90 Å². The lowest BCUT2D eigenvalue weighted by Crippen LogP contribution is -2.26. The summed E-state index contributed by atoms with van der Waals surface area (Å²) in [6.45, 7) is 0. The number of hydrazone groups is 1. The Labute approximate surface area is 184 Å². The fourth-order valence-corrected chi connectivity index (χ4v) is 4.53. The number of amidine groups is 1. The lowest BCUT2D eigenvalue weighted by molar-refractivity contribution is 0.267.